The second-order valence-electron chi connectivity index (χ2n) is 5.36. The number of ether oxygens (including phenoxy) is 1. The minimum Gasteiger partial charge on any atom is -0.469 e. The molecule has 1 fully saturated rings. The highest BCUT2D eigenvalue weighted by atomic mass is 32.2. The largest absolute Gasteiger partial charge is 0.469 e. The van der Waals surface area contributed by atoms with Crippen LogP contribution in [0.4, 0.5) is 0 Å². The van der Waals surface area contributed by atoms with Crippen molar-refractivity contribution in [3.05, 3.63) is 35.9 Å². The van der Waals surface area contributed by atoms with Gasteiger partial charge in [0.1, 0.15) is 0 Å². The summed E-state index contributed by atoms with van der Waals surface area (Å²) < 4.78 is 5.32. The summed E-state index contributed by atoms with van der Waals surface area (Å²) in [5.74, 6) is -0.393. The van der Waals surface area contributed by atoms with Crippen LogP contribution >= 0.6 is 11.8 Å². The molecule has 0 bridgehead atoms. The van der Waals surface area contributed by atoms with Gasteiger partial charge < -0.3 is 10.1 Å². The van der Waals surface area contributed by atoms with E-state index >= 15 is 0 Å². The van der Waals surface area contributed by atoms with Crippen molar-refractivity contribution in [1.29, 1.82) is 0 Å². The molecule has 0 aromatic heterocycles. The zero-order valence-corrected chi connectivity index (χ0v) is 13.0. The molecule has 1 aromatic rings. The second kappa shape index (κ2) is 7.14. The number of rotatable bonds is 7. The Kier molecular flexibility index (Phi) is 5.49. The maximum absolute atomic E-state index is 12.0. The maximum Gasteiger partial charge on any atom is 0.314 e. The molecule has 1 N–H and O–H groups in total. The van der Waals surface area contributed by atoms with E-state index in [0.29, 0.717) is 11.3 Å². The van der Waals surface area contributed by atoms with Crippen LogP contribution in [-0.4, -0.2) is 37.2 Å². The van der Waals surface area contributed by atoms with Gasteiger partial charge in [0.15, 0.2) is 0 Å². The van der Waals surface area contributed by atoms with E-state index in [1.165, 1.54) is 26.4 Å². The fourth-order valence-electron chi connectivity index (χ4n) is 2.63. The van der Waals surface area contributed by atoms with Gasteiger partial charge in [0.05, 0.1) is 13.0 Å². The highest BCUT2D eigenvalue weighted by molar-refractivity contribution is 8.00. The van der Waals surface area contributed by atoms with E-state index in [0.717, 1.165) is 12.1 Å². The fraction of sp³-hybridized carbons (Fsp3) is 0.562. The molecule has 1 atom stereocenters. The van der Waals surface area contributed by atoms with Crippen LogP contribution in [0.5, 0.6) is 0 Å². The zero-order chi connectivity index (χ0) is 14.4. The number of hydrogen-bond donors (Lipinski definition) is 1. The number of benzene rings is 1. The van der Waals surface area contributed by atoms with E-state index in [1.54, 1.807) is 0 Å². The molecule has 0 spiro atoms. The third kappa shape index (κ3) is 3.55. The lowest BCUT2D eigenvalue weighted by Crippen LogP contribution is -2.44. The minimum absolute atomic E-state index is 0.171. The van der Waals surface area contributed by atoms with Gasteiger partial charge in [-0.05, 0) is 24.7 Å². The lowest BCUT2D eigenvalue weighted by molar-refractivity contribution is -0.142. The van der Waals surface area contributed by atoms with Crippen molar-refractivity contribution >= 4 is 17.7 Å². The topological polar surface area (TPSA) is 38.3 Å². The number of esters is 1. The van der Waals surface area contributed by atoms with Crippen LogP contribution in [0.1, 0.15) is 30.7 Å². The van der Waals surface area contributed by atoms with Crippen molar-refractivity contribution in [2.45, 2.75) is 29.9 Å². The Balaban J connectivity index is 1.93. The number of carbonyl (C=O) groups excluding carboxylic acids is 1. The Morgan fingerprint density at radius 3 is 2.60 bits per heavy atom. The summed E-state index contributed by atoms with van der Waals surface area (Å²) >= 11 is 1.94. The first-order valence-corrected chi connectivity index (χ1v) is 8.32. The number of hydrogen-bond acceptors (Lipinski definition) is 4. The fourth-order valence-corrected chi connectivity index (χ4v) is 3.58. The molecular weight excluding hydrogens is 270 g/mol. The van der Waals surface area contributed by atoms with E-state index in [9.17, 15) is 4.79 Å². The summed E-state index contributed by atoms with van der Waals surface area (Å²) in [7, 11) is 1.45. The number of methoxy groups -OCH3 is 1. The van der Waals surface area contributed by atoms with E-state index < -0.39 is 0 Å². The molecule has 0 heterocycles. The molecule has 1 aliphatic rings. The molecule has 1 aromatic carbocycles. The normalized spacial score (nSPS) is 18.1. The van der Waals surface area contributed by atoms with Crippen LogP contribution in [0.15, 0.2) is 30.3 Å². The molecule has 1 saturated carbocycles. The van der Waals surface area contributed by atoms with Gasteiger partial charge in [-0.2, -0.15) is 11.8 Å². The molecule has 0 saturated heterocycles. The van der Waals surface area contributed by atoms with Crippen molar-refractivity contribution in [2.75, 3.05) is 26.5 Å². The molecule has 4 heteroatoms. The summed E-state index contributed by atoms with van der Waals surface area (Å²) in [6, 6.07) is 9.84. The van der Waals surface area contributed by atoms with Crippen LogP contribution < -0.4 is 5.32 Å². The Morgan fingerprint density at radius 2 is 2.10 bits per heavy atom. The van der Waals surface area contributed by atoms with Gasteiger partial charge in [-0.15, -0.1) is 0 Å². The van der Waals surface area contributed by atoms with Gasteiger partial charge in [0, 0.05) is 17.8 Å². The lowest BCUT2D eigenvalue weighted by atomic mass is 9.84. The van der Waals surface area contributed by atoms with Gasteiger partial charge in [-0.3, -0.25) is 4.79 Å². The minimum atomic E-state index is -0.222. The SMILES string of the molecule is COC(=O)C(CNCC1(SC)CCC1)c1ccccc1. The summed E-state index contributed by atoms with van der Waals surface area (Å²) in [4.78, 5) is 12.0. The highest BCUT2D eigenvalue weighted by Crippen LogP contribution is 2.42. The monoisotopic (exact) mass is 293 g/mol. The van der Waals surface area contributed by atoms with E-state index in [-0.39, 0.29) is 11.9 Å². The summed E-state index contributed by atoms with van der Waals surface area (Å²) in [5, 5.41) is 3.47. The predicted octanol–water partition coefficient (Wildman–Crippen LogP) is 2.82. The standard InChI is InChI=1S/C16H23NO2S/c1-19-15(18)14(13-7-4-3-5-8-13)11-17-12-16(20-2)9-6-10-16/h3-5,7-8,14,17H,6,9-12H2,1-2H3. The molecular formula is C16H23NO2S. The van der Waals surface area contributed by atoms with E-state index in [4.69, 9.17) is 4.74 Å². The van der Waals surface area contributed by atoms with Crippen LogP contribution in [0, 0.1) is 0 Å². The molecule has 3 nitrogen and oxygen atoms in total. The molecule has 20 heavy (non-hydrogen) atoms. The molecule has 0 amide bonds. The quantitative estimate of drug-likeness (QED) is 0.785. The molecule has 0 aliphatic heterocycles. The van der Waals surface area contributed by atoms with Gasteiger partial charge in [0.25, 0.3) is 0 Å². The van der Waals surface area contributed by atoms with Crippen LogP contribution in [0.2, 0.25) is 0 Å². The van der Waals surface area contributed by atoms with Gasteiger partial charge in [0.2, 0.25) is 0 Å². The van der Waals surface area contributed by atoms with Crippen LogP contribution in [0.25, 0.3) is 0 Å². The Labute approximate surface area is 125 Å². The zero-order valence-electron chi connectivity index (χ0n) is 12.2. The summed E-state index contributed by atoms with van der Waals surface area (Å²) in [6.07, 6.45) is 6.04. The van der Waals surface area contributed by atoms with Gasteiger partial charge in [-0.25, -0.2) is 0 Å². The first kappa shape index (κ1) is 15.4. The molecule has 1 unspecified atom stereocenters. The first-order valence-electron chi connectivity index (χ1n) is 7.09. The van der Waals surface area contributed by atoms with Crippen molar-refractivity contribution in [1.82, 2.24) is 5.32 Å². The molecule has 2 rings (SSSR count). The Bertz CT molecular complexity index is 426. The lowest BCUT2D eigenvalue weighted by Gasteiger charge is -2.40. The second-order valence-corrected chi connectivity index (χ2v) is 6.63. The third-order valence-corrected chi connectivity index (χ3v) is 5.60. The average molecular weight is 293 g/mol. The summed E-state index contributed by atoms with van der Waals surface area (Å²) in [6.45, 7) is 1.60. The molecule has 0 radical (unpaired) electrons. The van der Waals surface area contributed by atoms with Gasteiger partial charge in [-0.1, -0.05) is 36.8 Å². The van der Waals surface area contributed by atoms with Crippen molar-refractivity contribution < 1.29 is 9.53 Å². The number of nitrogens with one attached hydrogen (secondary N) is 1. The smallest absolute Gasteiger partial charge is 0.314 e. The summed E-state index contributed by atoms with van der Waals surface area (Å²) in [5.41, 5.74) is 1.01. The number of carbonyl (C=O) groups is 1. The highest BCUT2D eigenvalue weighted by Gasteiger charge is 2.36. The molecule has 110 valence electrons. The third-order valence-electron chi connectivity index (χ3n) is 4.18. The van der Waals surface area contributed by atoms with E-state index in [1.807, 2.05) is 42.1 Å². The van der Waals surface area contributed by atoms with Gasteiger partial charge >= 0.3 is 5.97 Å². The van der Waals surface area contributed by atoms with Crippen molar-refractivity contribution in [3.8, 4) is 0 Å². The van der Waals surface area contributed by atoms with Crippen molar-refractivity contribution in [3.63, 3.8) is 0 Å². The number of thioether (sulfide) groups is 1. The first-order chi connectivity index (χ1) is 9.71. The van der Waals surface area contributed by atoms with E-state index in [2.05, 4.69) is 11.6 Å². The van der Waals surface area contributed by atoms with Crippen LogP contribution in [-0.2, 0) is 9.53 Å². The van der Waals surface area contributed by atoms with Crippen LogP contribution in [0.3, 0.4) is 0 Å². The predicted molar refractivity (Wildman–Crippen MR) is 84.2 cm³/mol. The maximum atomic E-state index is 12.0. The Morgan fingerprint density at radius 1 is 1.40 bits per heavy atom. The molecule has 1 aliphatic carbocycles. The average Bonchev–Trinajstić information content (AvgIpc) is 2.46. The van der Waals surface area contributed by atoms with Crippen molar-refractivity contribution in [2.24, 2.45) is 0 Å². The Hall–Kier alpha value is -1.00.